The number of nitrogens with one attached hydrogen (secondary N) is 3. The van der Waals surface area contributed by atoms with Crippen LogP contribution in [-0.2, 0) is 14.6 Å². The number of imidazole rings is 1. The van der Waals surface area contributed by atoms with Crippen molar-refractivity contribution >= 4 is 43.6 Å². The maximum Gasteiger partial charge on any atom is 0.227 e. The number of carbonyl (C=O) groups excluding carboxylic acids is 1. The summed E-state index contributed by atoms with van der Waals surface area (Å²) in [5.41, 5.74) is 11.1. The molecular formula is C31H28FN9O3S. The van der Waals surface area contributed by atoms with Crippen LogP contribution in [0.2, 0.25) is 0 Å². The Morgan fingerprint density at radius 3 is 2.62 bits per heavy atom. The van der Waals surface area contributed by atoms with Crippen molar-refractivity contribution < 1.29 is 17.6 Å². The Labute approximate surface area is 256 Å². The Balaban J connectivity index is 1.25. The third-order valence-corrected chi connectivity index (χ3v) is 9.32. The molecule has 5 aromatic heterocycles. The van der Waals surface area contributed by atoms with Crippen molar-refractivity contribution in [2.45, 2.75) is 31.1 Å². The number of aromatic nitrogens is 7. The van der Waals surface area contributed by atoms with E-state index in [0.29, 0.717) is 50.5 Å². The lowest BCUT2D eigenvalue weighted by atomic mass is 10.0. The largest absolute Gasteiger partial charge is 0.335 e. The molecule has 5 heterocycles. The molecule has 1 aliphatic rings. The second-order valence-corrected chi connectivity index (χ2v) is 13.5. The highest BCUT2D eigenvalue weighted by Gasteiger charge is 2.24. The van der Waals surface area contributed by atoms with Crippen molar-refractivity contribution in [3.05, 3.63) is 72.6 Å². The van der Waals surface area contributed by atoms with Crippen LogP contribution in [0, 0.1) is 11.7 Å². The van der Waals surface area contributed by atoms with Gasteiger partial charge in [0.2, 0.25) is 5.91 Å². The van der Waals surface area contributed by atoms with E-state index in [0.717, 1.165) is 49.1 Å². The lowest BCUT2D eigenvalue weighted by Gasteiger charge is -2.12. The Bertz CT molecular complexity index is 2210. The lowest BCUT2D eigenvalue weighted by Crippen LogP contribution is -2.20. The van der Waals surface area contributed by atoms with Gasteiger partial charge in [-0.25, -0.2) is 27.8 Å². The molecule has 0 radical (unpaired) electrons. The molecule has 45 heavy (non-hydrogen) atoms. The molecule has 0 bridgehead atoms. The molecule has 5 N–H and O–H groups in total. The quantitative estimate of drug-likeness (QED) is 0.192. The number of sulfone groups is 1. The first-order valence-electron chi connectivity index (χ1n) is 14.3. The average Bonchev–Trinajstić information content (AvgIpc) is 3.79. The first-order chi connectivity index (χ1) is 21.6. The molecule has 12 nitrogen and oxygen atoms in total. The number of anilines is 1. The van der Waals surface area contributed by atoms with Gasteiger partial charge in [-0.3, -0.25) is 14.9 Å². The van der Waals surface area contributed by atoms with E-state index in [1.807, 2.05) is 12.1 Å². The van der Waals surface area contributed by atoms with E-state index in [1.54, 1.807) is 36.9 Å². The molecule has 1 fully saturated rings. The topological polar surface area (TPSA) is 185 Å². The van der Waals surface area contributed by atoms with Gasteiger partial charge in [0, 0.05) is 47.5 Å². The van der Waals surface area contributed by atoms with E-state index in [1.165, 1.54) is 6.07 Å². The van der Waals surface area contributed by atoms with Crippen LogP contribution in [0.5, 0.6) is 0 Å². The van der Waals surface area contributed by atoms with Gasteiger partial charge in [-0.1, -0.05) is 12.8 Å². The van der Waals surface area contributed by atoms with Crippen LogP contribution in [0.1, 0.15) is 36.6 Å². The van der Waals surface area contributed by atoms with E-state index >= 15 is 0 Å². The number of nitrogens with two attached hydrogens (primary N) is 1. The van der Waals surface area contributed by atoms with E-state index in [4.69, 9.17) is 5.73 Å². The Morgan fingerprint density at radius 1 is 1.02 bits per heavy atom. The van der Waals surface area contributed by atoms with Gasteiger partial charge >= 0.3 is 0 Å². The zero-order chi connectivity index (χ0) is 31.3. The second kappa shape index (κ2) is 11.1. The van der Waals surface area contributed by atoms with Gasteiger partial charge in [0.15, 0.2) is 27.0 Å². The Kier molecular flexibility index (Phi) is 7.09. The second-order valence-electron chi connectivity index (χ2n) is 11.3. The third-order valence-electron chi connectivity index (χ3n) is 8.12. The predicted octanol–water partition coefficient (Wildman–Crippen LogP) is 4.89. The maximum atomic E-state index is 14.7. The molecule has 1 aliphatic carbocycles. The highest BCUT2D eigenvalue weighted by Crippen LogP contribution is 2.34. The number of halogens is 1. The Morgan fingerprint density at radius 2 is 1.82 bits per heavy atom. The van der Waals surface area contributed by atoms with Crippen molar-refractivity contribution in [3.63, 3.8) is 0 Å². The summed E-state index contributed by atoms with van der Waals surface area (Å²) in [6.45, 7) is 0. The fourth-order valence-corrected chi connectivity index (χ4v) is 6.42. The summed E-state index contributed by atoms with van der Waals surface area (Å²) in [5, 5.41) is 9.64. The molecule has 0 aliphatic heterocycles. The van der Waals surface area contributed by atoms with Gasteiger partial charge in [0.05, 0.1) is 22.8 Å². The number of hydrogen-bond donors (Lipinski definition) is 4. The molecule has 1 atom stereocenters. The number of rotatable bonds is 7. The number of H-pyrrole nitrogens is 2. The number of benzene rings is 1. The highest BCUT2D eigenvalue weighted by atomic mass is 32.2. The van der Waals surface area contributed by atoms with E-state index in [-0.39, 0.29) is 17.4 Å². The van der Waals surface area contributed by atoms with Gasteiger partial charge < -0.3 is 16.0 Å². The van der Waals surface area contributed by atoms with Gasteiger partial charge in [-0.15, -0.1) is 0 Å². The minimum atomic E-state index is -3.66. The van der Waals surface area contributed by atoms with Crippen LogP contribution in [0.4, 0.5) is 10.1 Å². The van der Waals surface area contributed by atoms with Crippen molar-refractivity contribution in [2.75, 3.05) is 11.6 Å². The minimum Gasteiger partial charge on any atom is -0.335 e. The lowest BCUT2D eigenvalue weighted by molar-refractivity contribution is -0.119. The van der Waals surface area contributed by atoms with Crippen molar-refractivity contribution in [1.82, 2.24) is 35.1 Å². The first-order valence-corrected chi connectivity index (χ1v) is 16.3. The highest BCUT2D eigenvalue weighted by molar-refractivity contribution is 7.90. The number of hydrogen-bond acceptors (Lipinski definition) is 9. The molecule has 6 aromatic rings. The zero-order valence-corrected chi connectivity index (χ0v) is 24.9. The van der Waals surface area contributed by atoms with Crippen molar-refractivity contribution in [1.29, 1.82) is 0 Å². The number of nitrogens with zero attached hydrogens (tertiary/aromatic N) is 5. The molecule has 7 rings (SSSR count). The monoisotopic (exact) mass is 625 g/mol. The molecule has 1 amide bonds. The summed E-state index contributed by atoms with van der Waals surface area (Å²) < 4.78 is 38.8. The first kappa shape index (κ1) is 28.7. The third kappa shape index (κ3) is 5.53. The molecule has 1 unspecified atom stereocenters. The number of amides is 1. The van der Waals surface area contributed by atoms with Gasteiger partial charge in [0.25, 0.3) is 0 Å². The molecule has 1 saturated carbocycles. The molecule has 228 valence electrons. The molecule has 14 heteroatoms. The molecule has 0 spiro atoms. The zero-order valence-electron chi connectivity index (χ0n) is 24.1. The number of carbonyl (C=O) groups is 1. The van der Waals surface area contributed by atoms with E-state index < -0.39 is 21.0 Å². The van der Waals surface area contributed by atoms with Crippen LogP contribution >= 0.6 is 0 Å². The van der Waals surface area contributed by atoms with Crippen LogP contribution in [-0.4, -0.2) is 55.7 Å². The SMILES string of the molecule is CS(=O)(=O)C(N)c1cc(F)cc(-c2ccnc3nc(-c4[nH]nc5ncc(-c6cncc(NC(=O)C7CCCC7)c6)cc45)[nH]c23)c1. The summed E-state index contributed by atoms with van der Waals surface area (Å²) in [6.07, 6.45) is 11.5. The van der Waals surface area contributed by atoms with Crippen LogP contribution in [0.25, 0.3) is 56.0 Å². The summed E-state index contributed by atoms with van der Waals surface area (Å²) in [7, 11) is -3.66. The predicted molar refractivity (Wildman–Crippen MR) is 168 cm³/mol. The molecular weight excluding hydrogens is 597 g/mol. The fraction of sp³-hybridized carbons (Fsp3) is 0.226. The van der Waals surface area contributed by atoms with Crippen LogP contribution < -0.4 is 11.1 Å². The standard InChI is InChI=1S/C31H28FN9O3S/c1-45(43,44)27(33)18-8-17(9-21(32)10-18)23-6-7-35-29-25(23)38-30(39-29)26-24-12-20(14-36-28(24)41-40-26)19-11-22(15-34-13-19)37-31(42)16-4-2-3-5-16/h6-16,27H,2-5,33H2,1H3,(H,37,42)(H,35,38,39)(H,36,40,41). The smallest absolute Gasteiger partial charge is 0.227 e. The van der Waals surface area contributed by atoms with Crippen molar-refractivity contribution in [3.8, 4) is 33.8 Å². The van der Waals surface area contributed by atoms with Crippen molar-refractivity contribution in [2.24, 2.45) is 11.7 Å². The van der Waals surface area contributed by atoms with Gasteiger partial charge in [-0.2, -0.15) is 5.10 Å². The normalized spacial score (nSPS) is 14.7. The van der Waals surface area contributed by atoms with Crippen LogP contribution in [0.3, 0.4) is 0 Å². The van der Waals surface area contributed by atoms with Gasteiger partial charge in [-0.05, 0) is 60.4 Å². The van der Waals surface area contributed by atoms with E-state index in [9.17, 15) is 17.6 Å². The number of pyridine rings is 3. The molecule has 0 saturated heterocycles. The Hall–Kier alpha value is -5.08. The fourth-order valence-electron chi connectivity index (χ4n) is 5.79. The minimum absolute atomic E-state index is 0.0164. The van der Waals surface area contributed by atoms with Gasteiger partial charge in [0.1, 0.15) is 16.9 Å². The van der Waals surface area contributed by atoms with Crippen LogP contribution in [0.15, 0.2) is 61.2 Å². The summed E-state index contributed by atoms with van der Waals surface area (Å²) in [6, 6.07) is 9.42. The average molecular weight is 626 g/mol. The maximum absolute atomic E-state index is 14.7. The van der Waals surface area contributed by atoms with E-state index in [2.05, 4.69) is 40.4 Å². The molecule has 1 aromatic carbocycles. The number of aromatic amines is 2. The number of fused-ring (bicyclic) bond motifs is 2. The summed E-state index contributed by atoms with van der Waals surface area (Å²) in [4.78, 5) is 33.8. The summed E-state index contributed by atoms with van der Waals surface area (Å²) in [5.74, 6) is -0.151. The summed E-state index contributed by atoms with van der Waals surface area (Å²) >= 11 is 0.